The molecule has 0 aliphatic carbocycles. The van der Waals surface area contributed by atoms with Gasteiger partial charge in [-0.1, -0.05) is 17.7 Å². The summed E-state index contributed by atoms with van der Waals surface area (Å²) in [6, 6.07) is 4.46. The van der Waals surface area contributed by atoms with Crippen LogP contribution in [0.4, 0.5) is 8.78 Å². The van der Waals surface area contributed by atoms with Crippen LogP contribution in [0.15, 0.2) is 36.5 Å². The van der Waals surface area contributed by atoms with Gasteiger partial charge in [0, 0.05) is 24.2 Å². The Bertz CT molecular complexity index is 718. The summed E-state index contributed by atoms with van der Waals surface area (Å²) in [5, 5.41) is 2.62. The zero-order valence-electron chi connectivity index (χ0n) is 11.7. The van der Waals surface area contributed by atoms with Crippen LogP contribution in [0.1, 0.15) is 15.9 Å². The van der Waals surface area contributed by atoms with Gasteiger partial charge in [0.25, 0.3) is 5.91 Å². The van der Waals surface area contributed by atoms with E-state index in [1.807, 2.05) is 0 Å². The van der Waals surface area contributed by atoms with Crippen molar-refractivity contribution in [1.82, 2.24) is 10.3 Å². The Morgan fingerprint density at radius 3 is 2.39 bits per heavy atom. The van der Waals surface area contributed by atoms with Gasteiger partial charge in [0.1, 0.15) is 22.8 Å². The maximum absolute atomic E-state index is 13.1. The molecule has 1 atom stereocenters. The molecule has 1 aromatic heterocycles. The number of hydrogen-bond donors (Lipinski definition) is 2. The molecule has 1 aromatic carbocycles. The lowest BCUT2D eigenvalue weighted by atomic mass is 10.1. The van der Waals surface area contributed by atoms with Crippen LogP contribution in [-0.2, 0) is 11.2 Å². The third kappa shape index (κ3) is 4.72. The molecule has 0 fully saturated rings. The molecule has 0 aliphatic rings. The van der Waals surface area contributed by atoms with Gasteiger partial charge in [0.15, 0.2) is 0 Å². The van der Waals surface area contributed by atoms with Crippen molar-refractivity contribution < 1.29 is 18.4 Å². The van der Waals surface area contributed by atoms with Gasteiger partial charge in [-0.15, -0.1) is 0 Å². The molecule has 0 aliphatic heterocycles. The number of carbonyl (C=O) groups is 2. The summed E-state index contributed by atoms with van der Waals surface area (Å²) in [5.41, 5.74) is 5.62. The predicted molar refractivity (Wildman–Crippen MR) is 79.8 cm³/mol. The van der Waals surface area contributed by atoms with E-state index in [4.69, 9.17) is 17.3 Å². The van der Waals surface area contributed by atoms with Gasteiger partial charge in [0.2, 0.25) is 5.91 Å². The molecule has 2 rings (SSSR count). The van der Waals surface area contributed by atoms with Crippen molar-refractivity contribution in [3.63, 3.8) is 0 Å². The minimum atomic E-state index is -1.06. The zero-order chi connectivity index (χ0) is 17.0. The van der Waals surface area contributed by atoms with Crippen molar-refractivity contribution in [3.8, 4) is 0 Å². The molecule has 0 saturated carbocycles. The van der Waals surface area contributed by atoms with Crippen LogP contribution in [0.2, 0.25) is 5.15 Å². The first-order valence-electron chi connectivity index (χ1n) is 6.52. The predicted octanol–water partition coefficient (Wildman–Crippen LogP) is 1.84. The van der Waals surface area contributed by atoms with E-state index in [1.165, 1.54) is 12.3 Å². The van der Waals surface area contributed by atoms with Gasteiger partial charge >= 0.3 is 0 Å². The molecule has 2 amide bonds. The van der Waals surface area contributed by atoms with Crippen LogP contribution in [0.5, 0.6) is 0 Å². The summed E-state index contributed by atoms with van der Waals surface area (Å²) < 4.78 is 26.3. The fourth-order valence-corrected chi connectivity index (χ4v) is 2.02. The quantitative estimate of drug-likeness (QED) is 0.815. The Morgan fingerprint density at radius 2 is 1.87 bits per heavy atom. The average Bonchev–Trinajstić information content (AvgIpc) is 2.47. The number of halogens is 3. The highest BCUT2D eigenvalue weighted by molar-refractivity contribution is 6.29. The summed E-state index contributed by atoms with van der Waals surface area (Å²) in [6.45, 7) is 0. The van der Waals surface area contributed by atoms with Crippen LogP contribution in [-0.4, -0.2) is 22.8 Å². The maximum Gasteiger partial charge on any atom is 0.252 e. The molecule has 3 N–H and O–H groups in total. The number of pyridine rings is 1. The third-order valence-electron chi connectivity index (χ3n) is 3.00. The average molecular weight is 340 g/mol. The monoisotopic (exact) mass is 339 g/mol. The molecular formula is C15H12ClF2N3O2. The third-order valence-corrected chi connectivity index (χ3v) is 3.23. The number of carbonyl (C=O) groups excluding carboxylic acids is 2. The van der Waals surface area contributed by atoms with Crippen molar-refractivity contribution in [2.45, 2.75) is 12.5 Å². The first kappa shape index (κ1) is 16.8. The number of nitrogens with zero attached hydrogens (tertiary/aromatic N) is 1. The number of amides is 2. The normalized spacial score (nSPS) is 11.8. The topological polar surface area (TPSA) is 85.1 Å². The number of benzene rings is 1. The Hall–Kier alpha value is -2.54. The molecular weight excluding hydrogens is 328 g/mol. The Balaban J connectivity index is 2.14. The van der Waals surface area contributed by atoms with Gasteiger partial charge in [0.05, 0.1) is 0 Å². The van der Waals surface area contributed by atoms with E-state index < -0.39 is 29.5 Å². The molecule has 0 unspecified atom stereocenters. The maximum atomic E-state index is 13.1. The lowest BCUT2D eigenvalue weighted by Gasteiger charge is -2.15. The highest BCUT2D eigenvalue weighted by Crippen LogP contribution is 2.10. The van der Waals surface area contributed by atoms with E-state index in [9.17, 15) is 18.4 Å². The number of primary amides is 1. The second-order valence-corrected chi connectivity index (χ2v) is 5.17. The molecule has 0 saturated heterocycles. The SMILES string of the molecule is NC(=O)[C@H](Cc1ccc(Cl)nc1)NC(=O)c1cc(F)cc(F)c1. The number of aromatic nitrogens is 1. The first-order chi connectivity index (χ1) is 10.8. The zero-order valence-corrected chi connectivity index (χ0v) is 12.5. The molecule has 8 heteroatoms. The molecule has 0 radical (unpaired) electrons. The fraction of sp³-hybridized carbons (Fsp3) is 0.133. The summed E-state index contributed by atoms with van der Waals surface area (Å²) in [7, 11) is 0. The van der Waals surface area contributed by atoms with Gasteiger partial charge in [-0.3, -0.25) is 9.59 Å². The molecule has 2 aromatic rings. The summed E-state index contributed by atoms with van der Waals surface area (Å²) >= 11 is 5.66. The highest BCUT2D eigenvalue weighted by Gasteiger charge is 2.20. The lowest BCUT2D eigenvalue weighted by Crippen LogP contribution is -2.45. The molecule has 0 bridgehead atoms. The van der Waals surface area contributed by atoms with E-state index >= 15 is 0 Å². The standard InChI is InChI=1S/C15H12ClF2N3O2/c16-13-2-1-8(7-20-13)3-12(14(19)22)21-15(23)9-4-10(17)6-11(18)5-9/h1-2,4-7,12H,3H2,(H2,19,22)(H,21,23)/t12-/m0/s1. The molecule has 120 valence electrons. The number of nitrogens with two attached hydrogens (primary N) is 1. The Morgan fingerprint density at radius 1 is 1.22 bits per heavy atom. The van der Waals surface area contributed by atoms with E-state index in [-0.39, 0.29) is 17.1 Å². The van der Waals surface area contributed by atoms with E-state index in [2.05, 4.69) is 10.3 Å². The summed E-state index contributed by atoms with van der Waals surface area (Å²) in [6.07, 6.45) is 1.51. The Labute approximate surface area is 135 Å². The molecule has 23 heavy (non-hydrogen) atoms. The van der Waals surface area contributed by atoms with Crippen LogP contribution in [0.25, 0.3) is 0 Å². The van der Waals surface area contributed by atoms with Crippen LogP contribution in [0, 0.1) is 11.6 Å². The van der Waals surface area contributed by atoms with E-state index in [1.54, 1.807) is 6.07 Å². The van der Waals surface area contributed by atoms with Crippen LogP contribution >= 0.6 is 11.6 Å². The highest BCUT2D eigenvalue weighted by atomic mass is 35.5. The number of nitrogens with one attached hydrogen (secondary N) is 1. The van der Waals surface area contributed by atoms with Crippen molar-refractivity contribution in [2.24, 2.45) is 5.73 Å². The van der Waals surface area contributed by atoms with Crippen molar-refractivity contribution in [1.29, 1.82) is 0 Å². The second kappa shape index (κ2) is 7.15. The van der Waals surface area contributed by atoms with Crippen molar-refractivity contribution >= 4 is 23.4 Å². The van der Waals surface area contributed by atoms with Crippen molar-refractivity contribution in [3.05, 3.63) is 64.4 Å². The van der Waals surface area contributed by atoms with Gasteiger partial charge in [-0.05, 0) is 23.8 Å². The second-order valence-electron chi connectivity index (χ2n) is 4.78. The molecule has 0 spiro atoms. The minimum absolute atomic E-state index is 0.0725. The van der Waals surface area contributed by atoms with Gasteiger partial charge in [-0.25, -0.2) is 13.8 Å². The fourth-order valence-electron chi connectivity index (χ4n) is 1.91. The lowest BCUT2D eigenvalue weighted by molar-refractivity contribution is -0.119. The molecule has 1 heterocycles. The largest absolute Gasteiger partial charge is 0.368 e. The van der Waals surface area contributed by atoms with Gasteiger partial charge in [-0.2, -0.15) is 0 Å². The van der Waals surface area contributed by atoms with Crippen LogP contribution < -0.4 is 11.1 Å². The molecule has 5 nitrogen and oxygen atoms in total. The summed E-state index contributed by atoms with van der Waals surface area (Å²) in [5.74, 6) is -3.39. The Kier molecular flexibility index (Phi) is 5.23. The van der Waals surface area contributed by atoms with E-state index in [0.29, 0.717) is 11.6 Å². The first-order valence-corrected chi connectivity index (χ1v) is 6.89. The number of hydrogen-bond acceptors (Lipinski definition) is 3. The van der Waals surface area contributed by atoms with Gasteiger partial charge < -0.3 is 11.1 Å². The smallest absolute Gasteiger partial charge is 0.252 e. The van der Waals surface area contributed by atoms with Crippen LogP contribution in [0.3, 0.4) is 0 Å². The number of rotatable bonds is 5. The van der Waals surface area contributed by atoms with E-state index in [0.717, 1.165) is 12.1 Å². The van der Waals surface area contributed by atoms with Crippen molar-refractivity contribution in [2.75, 3.05) is 0 Å². The minimum Gasteiger partial charge on any atom is -0.368 e. The summed E-state index contributed by atoms with van der Waals surface area (Å²) in [4.78, 5) is 27.4.